The Morgan fingerprint density at radius 3 is 2.61 bits per heavy atom. The summed E-state index contributed by atoms with van der Waals surface area (Å²) in [4.78, 5) is 14.9. The predicted octanol–water partition coefficient (Wildman–Crippen LogP) is 4.19. The van der Waals surface area contributed by atoms with Gasteiger partial charge < -0.3 is 15.0 Å². The number of nitrogens with one attached hydrogen (secondary N) is 1. The number of thioether (sulfide) groups is 1. The zero-order valence-electron chi connectivity index (χ0n) is 17.0. The lowest BCUT2D eigenvalue weighted by Crippen LogP contribution is -2.44. The van der Waals surface area contributed by atoms with Crippen LogP contribution in [0.15, 0.2) is 48.5 Å². The number of hydrogen-bond acceptors (Lipinski definition) is 4. The number of carbonyl (C=O) groups is 1. The molecule has 0 aliphatic carbocycles. The van der Waals surface area contributed by atoms with E-state index in [9.17, 15) is 4.79 Å². The Balaban J connectivity index is 1.68. The van der Waals surface area contributed by atoms with E-state index in [1.54, 1.807) is 7.11 Å². The van der Waals surface area contributed by atoms with Gasteiger partial charge in [0.15, 0.2) is 0 Å². The van der Waals surface area contributed by atoms with Crippen LogP contribution in [0, 0.1) is 0 Å². The molecule has 2 aromatic carbocycles. The third-order valence-electron chi connectivity index (χ3n) is 5.09. The second kappa shape index (κ2) is 9.99. The van der Waals surface area contributed by atoms with Crippen molar-refractivity contribution < 1.29 is 9.53 Å². The fourth-order valence-corrected chi connectivity index (χ4v) is 4.46. The van der Waals surface area contributed by atoms with Gasteiger partial charge in [-0.15, -0.1) is 0 Å². The van der Waals surface area contributed by atoms with E-state index in [0.717, 1.165) is 40.5 Å². The number of benzene rings is 2. The van der Waals surface area contributed by atoms with Gasteiger partial charge in [-0.05, 0) is 31.0 Å². The molecule has 1 N–H and O–H groups in total. The molecule has 1 atom stereocenters. The van der Waals surface area contributed by atoms with Crippen molar-refractivity contribution in [1.29, 1.82) is 0 Å². The lowest BCUT2D eigenvalue weighted by Gasteiger charge is -2.30. The van der Waals surface area contributed by atoms with E-state index < -0.39 is 0 Å². The highest BCUT2D eigenvalue weighted by Crippen LogP contribution is 2.29. The molecule has 28 heavy (non-hydrogen) atoms. The standard InChI is InChI=1S/C23H30N2O2S/c1-17(2)25(23(26)14-20-16-28-13-12-24-20)15-18-8-10-19(11-9-18)21-6-4-5-7-22(21)27-3/h4-11,17,20,24H,12-16H2,1-3H3. The minimum absolute atomic E-state index is 0.178. The van der Waals surface area contributed by atoms with Crippen LogP contribution < -0.4 is 10.1 Å². The molecule has 0 saturated carbocycles. The average molecular weight is 399 g/mol. The van der Waals surface area contributed by atoms with Crippen LogP contribution >= 0.6 is 11.8 Å². The van der Waals surface area contributed by atoms with Gasteiger partial charge in [0, 0.05) is 48.7 Å². The van der Waals surface area contributed by atoms with Gasteiger partial charge in [-0.3, -0.25) is 4.79 Å². The van der Waals surface area contributed by atoms with E-state index in [1.807, 2.05) is 34.9 Å². The van der Waals surface area contributed by atoms with Crippen molar-refractivity contribution in [2.75, 3.05) is 25.2 Å². The molecule has 1 heterocycles. The zero-order chi connectivity index (χ0) is 19.9. The second-order valence-corrected chi connectivity index (χ2v) is 8.59. The van der Waals surface area contributed by atoms with E-state index in [2.05, 4.69) is 49.5 Å². The van der Waals surface area contributed by atoms with Crippen molar-refractivity contribution in [1.82, 2.24) is 10.2 Å². The lowest BCUT2D eigenvalue weighted by atomic mass is 10.0. The van der Waals surface area contributed by atoms with Gasteiger partial charge in [0.25, 0.3) is 0 Å². The first-order chi connectivity index (χ1) is 13.6. The summed E-state index contributed by atoms with van der Waals surface area (Å²) in [5.74, 6) is 3.25. The molecule has 1 amide bonds. The number of hydrogen-bond donors (Lipinski definition) is 1. The monoisotopic (exact) mass is 398 g/mol. The molecule has 5 heteroatoms. The van der Waals surface area contributed by atoms with E-state index in [-0.39, 0.29) is 11.9 Å². The Labute approximate surface area is 172 Å². The molecule has 1 unspecified atom stereocenters. The molecule has 1 aliphatic heterocycles. The number of amides is 1. The van der Waals surface area contributed by atoms with Gasteiger partial charge in [-0.2, -0.15) is 11.8 Å². The average Bonchev–Trinajstić information content (AvgIpc) is 2.73. The first-order valence-corrected chi connectivity index (χ1v) is 11.1. The molecular formula is C23H30N2O2S. The molecule has 150 valence electrons. The fourth-order valence-electron chi connectivity index (χ4n) is 3.51. The lowest BCUT2D eigenvalue weighted by molar-refractivity contribution is -0.134. The minimum Gasteiger partial charge on any atom is -0.496 e. The highest BCUT2D eigenvalue weighted by Gasteiger charge is 2.23. The maximum atomic E-state index is 12.9. The number of nitrogens with zero attached hydrogens (tertiary/aromatic N) is 1. The van der Waals surface area contributed by atoms with Gasteiger partial charge in [0.05, 0.1) is 7.11 Å². The smallest absolute Gasteiger partial charge is 0.224 e. The summed E-state index contributed by atoms with van der Waals surface area (Å²) in [5.41, 5.74) is 3.34. The number of para-hydroxylation sites is 1. The molecule has 1 saturated heterocycles. The van der Waals surface area contributed by atoms with E-state index in [1.165, 1.54) is 0 Å². The Morgan fingerprint density at radius 2 is 1.96 bits per heavy atom. The van der Waals surface area contributed by atoms with E-state index >= 15 is 0 Å². The van der Waals surface area contributed by atoms with Crippen molar-refractivity contribution in [2.24, 2.45) is 0 Å². The normalized spacial score (nSPS) is 16.8. The van der Waals surface area contributed by atoms with E-state index in [4.69, 9.17) is 4.74 Å². The molecule has 2 aromatic rings. The number of carbonyl (C=O) groups excluding carboxylic acids is 1. The molecule has 0 aromatic heterocycles. The molecule has 1 fully saturated rings. The van der Waals surface area contributed by atoms with E-state index in [0.29, 0.717) is 19.0 Å². The van der Waals surface area contributed by atoms with Crippen LogP contribution in [-0.2, 0) is 11.3 Å². The van der Waals surface area contributed by atoms with Gasteiger partial charge in [0.2, 0.25) is 5.91 Å². The second-order valence-electron chi connectivity index (χ2n) is 7.44. The van der Waals surface area contributed by atoms with Gasteiger partial charge in [0.1, 0.15) is 5.75 Å². The van der Waals surface area contributed by atoms with Crippen molar-refractivity contribution in [3.63, 3.8) is 0 Å². The van der Waals surface area contributed by atoms with Crippen LogP contribution in [0.2, 0.25) is 0 Å². The van der Waals surface area contributed by atoms with Crippen LogP contribution in [0.25, 0.3) is 11.1 Å². The third-order valence-corrected chi connectivity index (χ3v) is 6.22. The topological polar surface area (TPSA) is 41.6 Å². The maximum Gasteiger partial charge on any atom is 0.224 e. The summed E-state index contributed by atoms with van der Waals surface area (Å²) in [6.45, 7) is 5.81. The van der Waals surface area contributed by atoms with Gasteiger partial charge >= 0.3 is 0 Å². The number of ether oxygens (including phenoxy) is 1. The van der Waals surface area contributed by atoms with Crippen LogP contribution in [0.4, 0.5) is 0 Å². The number of rotatable bonds is 7. The van der Waals surface area contributed by atoms with Gasteiger partial charge in [-0.25, -0.2) is 0 Å². The van der Waals surface area contributed by atoms with Crippen LogP contribution in [0.3, 0.4) is 0 Å². The summed E-state index contributed by atoms with van der Waals surface area (Å²) in [6.07, 6.45) is 0.574. The molecule has 0 spiro atoms. The Bertz CT molecular complexity index is 770. The first kappa shape index (κ1) is 20.7. The highest BCUT2D eigenvalue weighted by molar-refractivity contribution is 7.99. The summed E-state index contributed by atoms with van der Waals surface area (Å²) >= 11 is 1.93. The highest BCUT2D eigenvalue weighted by atomic mass is 32.2. The molecule has 0 radical (unpaired) electrons. The molecule has 1 aliphatic rings. The van der Waals surface area contributed by atoms with Crippen molar-refractivity contribution in [3.8, 4) is 16.9 Å². The largest absolute Gasteiger partial charge is 0.496 e. The molecule has 3 rings (SSSR count). The van der Waals surface area contributed by atoms with Crippen molar-refractivity contribution in [3.05, 3.63) is 54.1 Å². The molecule has 4 nitrogen and oxygen atoms in total. The first-order valence-electron chi connectivity index (χ1n) is 9.91. The third kappa shape index (κ3) is 5.30. The fraction of sp³-hybridized carbons (Fsp3) is 0.435. The predicted molar refractivity (Wildman–Crippen MR) is 118 cm³/mol. The Hall–Kier alpha value is -1.98. The number of methoxy groups -OCH3 is 1. The van der Waals surface area contributed by atoms with Crippen LogP contribution in [-0.4, -0.2) is 48.1 Å². The van der Waals surface area contributed by atoms with Crippen molar-refractivity contribution in [2.45, 2.75) is 38.9 Å². The van der Waals surface area contributed by atoms with Crippen LogP contribution in [0.1, 0.15) is 25.8 Å². The quantitative estimate of drug-likeness (QED) is 0.759. The van der Waals surface area contributed by atoms with Crippen molar-refractivity contribution >= 4 is 17.7 Å². The van der Waals surface area contributed by atoms with Crippen LogP contribution in [0.5, 0.6) is 5.75 Å². The summed E-state index contributed by atoms with van der Waals surface area (Å²) in [6, 6.07) is 16.9. The summed E-state index contributed by atoms with van der Waals surface area (Å²) < 4.78 is 5.47. The molecular weight excluding hydrogens is 368 g/mol. The Kier molecular flexibility index (Phi) is 7.40. The summed E-state index contributed by atoms with van der Waals surface area (Å²) in [5, 5.41) is 3.46. The SMILES string of the molecule is COc1ccccc1-c1ccc(CN(C(=O)CC2CSCCN2)C(C)C)cc1. The molecule has 0 bridgehead atoms. The summed E-state index contributed by atoms with van der Waals surface area (Å²) in [7, 11) is 1.69. The minimum atomic E-state index is 0.178. The maximum absolute atomic E-state index is 12.9. The Morgan fingerprint density at radius 1 is 1.21 bits per heavy atom. The van der Waals surface area contributed by atoms with Gasteiger partial charge in [-0.1, -0.05) is 42.5 Å². The zero-order valence-corrected chi connectivity index (χ0v) is 17.8.